The Bertz CT molecular complexity index is 561. The van der Waals surface area contributed by atoms with Crippen molar-refractivity contribution < 1.29 is 13.9 Å². The van der Waals surface area contributed by atoms with Gasteiger partial charge in [-0.15, -0.1) is 0 Å². The van der Waals surface area contributed by atoms with E-state index in [0.29, 0.717) is 12.5 Å². The first-order valence-corrected chi connectivity index (χ1v) is 6.25. The maximum Gasteiger partial charge on any atom is 0.255 e. The Labute approximate surface area is 116 Å². The van der Waals surface area contributed by atoms with Crippen molar-refractivity contribution in [3.63, 3.8) is 0 Å². The molecule has 0 unspecified atom stereocenters. The summed E-state index contributed by atoms with van der Waals surface area (Å²) in [6.45, 7) is 2.79. The quantitative estimate of drug-likeness (QED) is 0.879. The number of rotatable bonds is 6. The summed E-state index contributed by atoms with van der Waals surface area (Å²) in [4.78, 5) is 7.78. The highest BCUT2D eigenvalue weighted by Crippen LogP contribution is 2.17. The molecule has 1 heterocycles. The summed E-state index contributed by atoms with van der Waals surface area (Å²) in [5.74, 6) is 0.460. The molecule has 0 aliphatic heterocycles. The number of halogens is 1. The molecular weight excluding hydrogens is 261 g/mol. The van der Waals surface area contributed by atoms with E-state index < -0.39 is 5.82 Å². The van der Waals surface area contributed by atoms with Gasteiger partial charge in [0.05, 0.1) is 13.3 Å². The summed E-state index contributed by atoms with van der Waals surface area (Å²) in [5.41, 5.74) is 0.897. The lowest BCUT2D eigenvalue weighted by atomic mass is 10.2. The van der Waals surface area contributed by atoms with Gasteiger partial charge in [0.15, 0.2) is 0 Å². The predicted molar refractivity (Wildman–Crippen MR) is 73.5 cm³/mol. The number of hydrogen-bond donors (Lipinski definition) is 1. The van der Waals surface area contributed by atoms with Gasteiger partial charge in [0.1, 0.15) is 12.4 Å². The molecule has 1 aromatic carbocycles. The van der Waals surface area contributed by atoms with E-state index in [1.165, 1.54) is 0 Å². The molecule has 1 N–H and O–H groups in total. The Hall–Kier alpha value is -2.37. The largest absolute Gasteiger partial charge is 0.497 e. The lowest BCUT2D eigenvalue weighted by Gasteiger charge is -2.08. The third-order valence-corrected chi connectivity index (χ3v) is 2.58. The number of aromatic nitrogens is 2. The summed E-state index contributed by atoms with van der Waals surface area (Å²) in [6.07, 6.45) is 1.09. The summed E-state index contributed by atoms with van der Waals surface area (Å²) < 4.78 is 24.0. The minimum absolute atomic E-state index is 0.0632. The zero-order valence-corrected chi connectivity index (χ0v) is 11.4. The topological polar surface area (TPSA) is 56.3 Å². The fourth-order valence-corrected chi connectivity index (χ4v) is 1.57. The van der Waals surface area contributed by atoms with Gasteiger partial charge in [-0.3, -0.25) is 0 Å². The van der Waals surface area contributed by atoms with Crippen LogP contribution in [0.1, 0.15) is 12.5 Å². The van der Waals surface area contributed by atoms with Crippen LogP contribution in [0.2, 0.25) is 0 Å². The van der Waals surface area contributed by atoms with Crippen molar-refractivity contribution in [2.45, 2.75) is 13.5 Å². The summed E-state index contributed by atoms with van der Waals surface area (Å²) in [6, 6.07) is 7.34. The van der Waals surface area contributed by atoms with E-state index in [-0.39, 0.29) is 12.5 Å². The van der Waals surface area contributed by atoms with Gasteiger partial charge in [-0.05, 0) is 24.6 Å². The van der Waals surface area contributed by atoms with E-state index >= 15 is 0 Å². The molecule has 0 aliphatic carbocycles. The second kappa shape index (κ2) is 6.70. The second-order valence-corrected chi connectivity index (χ2v) is 4.01. The molecule has 2 aromatic rings. The van der Waals surface area contributed by atoms with Gasteiger partial charge in [0.25, 0.3) is 5.88 Å². The number of methoxy groups -OCH3 is 1. The highest BCUT2D eigenvalue weighted by atomic mass is 19.1. The van der Waals surface area contributed by atoms with Crippen molar-refractivity contribution >= 4 is 5.95 Å². The van der Waals surface area contributed by atoms with Crippen molar-refractivity contribution in [2.75, 3.05) is 19.0 Å². The summed E-state index contributed by atoms with van der Waals surface area (Å²) in [7, 11) is 1.60. The number of ether oxygens (including phenoxy) is 2. The molecule has 106 valence electrons. The number of hydrogen-bond acceptors (Lipinski definition) is 5. The first-order chi connectivity index (χ1) is 9.72. The molecule has 0 fully saturated rings. The van der Waals surface area contributed by atoms with Gasteiger partial charge in [-0.25, -0.2) is 4.98 Å². The molecule has 0 atom stereocenters. The normalized spacial score (nSPS) is 10.2. The smallest absolute Gasteiger partial charge is 0.255 e. The molecule has 2 rings (SSSR count). The molecule has 0 amide bonds. The van der Waals surface area contributed by atoms with Gasteiger partial charge >= 0.3 is 0 Å². The highest BCUT2D eigenvalue weighted by molar-refractivity contribution is 5.29. The standard InChI is InChI=1S/C14H16FN3O2/c1-3-16-14-17-8-12(15)13(18-14)20-9-10-4-6-11(19-2)7-5-10/h4-8H,3,9H2,1-2H3,(H,16,17,18). The molecular formula is C14H16FN3O2. The molecule has 20 heavy (non-hydrogen) atoms. The van der Waals surface area contributed by atoms with Gasteiger partial charge in [-0.1, -0.05) is 12.1 Å². The van der Waals surface area contributed by atoms with Crippen LogP contribution in [0.4, 0.5) is 10.3 Å². The van der Waals surface area contributed by atoms with E-state index in [4.69, 9.17) is 9.47 Å². The van der Waals surface area contributed by atoms with E-state index in [1.54, 1.807) is 7.11 Å². The van der Waals surface area contributed by atoms with Crippen LogP contribution in [-0.2, 0) is 6.61 Å². The summed E-state index contributed by atoms with van der Waals surface area (Å²) in [5, 5.41) is 2.90. The van der Waals surface area contributed by atoms with Crippen molar-refractivity contribution in [3.05, 3.63) is 41.8 Å². The Morgan fingerprint density at radius 3 is 2.65 bits per heavy atom. The van der Waals surface area contributed by atoms with Crippen molar-refractivity contribution in [2.24, 2.45) is 0 Å². The lowest BCUT2D eigenvalue weighted by molar-refractivity contribution is 0.276. The third kappa shape index (κ3) is 3.57. The predicted octanol–water partition coefficient (Wildman–Crippen LogP) is 2.64. The van der Waals surface area contributed by atoms with Crippen LogP contribution in [0.3, 0.4) is 0 Å². The van der Waals surface area contributed by atoms with Crippen LogP contribution < -0.4 is 14.8 Å². The number of nitrogens with zero attached hydrogens (tertiary/aromatic N) is 2. The fraction of sp³-hybridized carbons (Fsp3) is 0.286. The number of nitrogens with one attached hydrogen (secondary N) is 1. The SMILES string of the molecule is CCNc1ncc(F)c(OCc2ccc(OC)cc2)n1. The van der Waals surface area contributed by atoms with E-state index in [9.17, 15) is 4.39 Å². The van der Waals surface area contributed by atoms with Gasteiger partial charge in [0.2, 0.25) is 11.8 Å². The van der Waals surface area contributed by atoms with Crippen molar-refractivity contribution in [3.8, 4) is 11.6 Å². The molecule has 0 saturated heterocycles. The highest BCUT2D eigenvalue weighted by Gasteiger charge is 2.08. The minimum Gasteiger partial charge on any atom is -0.497 e. The Kier molecular flexibility index (Phi) is 4.70. The van der Waals surface area contributed by atoms with Crippen LogP contribution >= 0.6 is 0 Å². The maximum absolute atomic E-state index is 13.5. The Balaban J connectivity index is 2.03. The summed E-state index contributed by atoms with van der Waals surface area (Å²) >= 11 is 0. The molecule has 0 spiro atoms. The van der Waals surface area contributed by atoms with E-state index in [2.05, 4.69) is 15.3 Å². The maximum atomic E-state index is 13.5. The molecule has 0 saturated carbocycles. The average molecular weight is 277 g/mol. The van der Waals surface area contributed by atoms with Crippen molar-refractivity contribution in [1.82, 2.24) is 9.97 Å². The van der Waals surface area contributed by atoms with Crippen LogP contribution in [0, 0.1) is 5.82 Å². The molecule has 0 aliphatic rings. The van der Waals surface area contributed by atoms with Crippen LogP contribution in [-0.4, -0.2) is 23.6 Å². The monoisotopic (exact) mass is 277 g/mol. The molecule has 5 nitrogen and oxygen atoms in total. The molecule has 6 heteroatoms. The first-order valence-electron chi connectivity index (χ1n) is 6.25. The van der Waals surface area contributed by atoms with Crippen LogP contribution in [0.25, 0.3) is 0 Å². The molecule has 1 aromatic heterocycles. The zero-order valence-electron chi connectivity index (χ0n) is 11.4. The average Bonchev–Trinajstić information content (AvgIpc) is 2.48. The second-order valence-electron chi connectivity index (χ2n) is 4.01. The Morgan fingerprint density at radius 1 is 1.25 bits per heavy atom. The van der Waals surface area contributed by atoms with Crippen LogP contribution in [0.15, 0.2) is 30.5 Å². The first kappa shape index (κ1) is 14.0. The molecule has 0 radical (unpaired) electrons. The van der Waals surface area contributed by atoms with Crippen molar-refractivity contribution in [1.29, 1.82) is 0 Å². The van der Waals surface area contributed by atoms with Gasteiger partial charge in [-0.2, -0.15) is 9.37 Å². The van der Waals surface area contributed by atoms with Gasteiger partial charge in [0, 0.05) is 6.54 Å². The number of anilines is 1. The minimum atomic E-state index is -0.583. The third-order valence-electron chi connectivity index (χ3n) is 2.58. The van der Waals surface area contributed by atoms with Crippen LogP contribution in [0.5, 0.6) is 11.6 Å². The zero-order chi connectivity index (χ0) is 14.4. The van der Waals surface area contributed by atoms with E-state index in [0.717, 1.165) is 17.5 Å². The Morgan fingerprint density at radius 2 is 2.00 bits per heavy atom. The lowest BCUT2D eigenvalue weighted by Crippen LogP contribution is -2.06. The molecule has 0 bridgehead atoms. The van der Waals surface area contributed by atoms with Gasteiger partial charge < -0.3 is 14.8 Å². The number of benzene rings is 1. The fourth-order valence-electron chi connectivity index (χ4n) is 1.57. The van der Waals surface area contributed by atoms with E-state index in [1.807, 2.05) is 31.2 Å².